The Morgan fingerprint density at radius 2 is 2.00 bits per heavy atom. The predicted molar refractivity (Wildman–Crippen MR) is 116 cm³/mol. The average Bonchev–Trinajstić information content (AvgIpc) is 3.11. The lowest BCUT2D eigenvalue weighted by Gasteiger charge is -2.09. The van der Waals surface area contributed by atoms with Crippen LogP contribution < -0.4 is 10.1 Å². The number of methoxy groups -OCH3 is 1. The fraction of sp³-hybridized carbons (Fsp3) is 0.150. The Morgan fingerprint density at radius 1 is 1.25 bits per heavy atom. The van der Waals surface area contributed by atoms with Crippen LogP contribution in [0.3, 0.4) is 0 Å². The number of allylic oxidation sites excluding steroid dienone is 1. The van der Waals surface area contributed by atoms with Gasteiger partial charge in [0.1, 0.15) is 5.75 Å². The van der Waals surface area contributed by atoms with Gasteiger partial charge in [-0.15, -0.1) is 16.8 Å². The molecule has 0 aliphatic heterocycles. The SMILES string of the molecule is C=CCn1c(SCC(=O)Nc2ccccc2Br)nnc1-c1ccc(OC)cc1. The van der Waals surface area contributed by atoms with Crippen LogP contribution in [0, 0.1) is 0 Å². The molecular formula is C20H19BrN4O2S. The molecule has 1 heterocycles. The molecule has 0 radical (unpaired) electrons. The summed E-state index contributed by atoms with van der Waals surface area (Å²) >= 11 is 4.76. The van der Waals surface area contributed by atoms with Gasteiger partial charge in [-0.2, -0.15) is 0 Å². The van der Waals surface area contributed by atoms with Crippen molar-refractivity contribution in [3.05, 3.63) is 65.7 Å². The summed E-state index contributed by atoms with van der Waals surface area (Å²) in [6, 6.07) is 15.1. The maximum Gasteiger partial charge on any atom is 0.234 e. The van der Waals surface area contributed by atoms with Crippen LogP contribution in [0.4, 0.5) is 5.69 Å². The number of aromatic nitrogens is 3. The summed E-state index contributed by atoms with van der Waals surface area (Å²) in [5.74, 6) is 1.60. The topological polar surface area (TPSA) is 69.0 Å². The molecule has 0 fully saturated rings. The number of rotatable bonds is 8. The Morgan fingerprint density at radius 3 is 2.68 bits per heavy atom. The molecule has 6 nitrogen and oxygen atoms in total. The number of halogens is 1. The number of nitrogens with one attached hydrogen (secondary N) is 1. The number of hydrogen-bond acceptors (Lipinski definition) is 5. The normalized spacial score (nSPS) is 10.5. The number of benzene rings is 2. The minimum atomic E-state index is -0.115. The van der Waals surface area contributed by atoms with Gasteiger partial charge in [-0.05, 0) is 52.3 Å². The number of hydrogen-bond donors (Lipinski definition) is 1. The van der Waals surface area contributed by atoms with Gasteiger partial charge in [0.2, 0.25) is 5.91 Å². The van der Waals surface area contributed by atoms with Gasteiger partial charge in [-0.3, -0.25) is 9.36 Å². The zero-order chi connectivity index (χ0) is 19.9. The van der Waals surface area contributed by atoms with Gasteiger partial charge < -0.3 is 10.1 Å². The summed E-state index contributed by atoms with van der Waals surface area (Å²) in [7, 11) is 1.63. The molecule has 3 aromatic rings. The first-order valence-corrected chi connectivity index (χ1v) is 10.3. The van der Waals surface area contributed by atoms with E-state index in [1.807, 2.05) is 53.1 Å². The van der Waals surface area contributed by atoms with Crippen LogP contribution in [-0.4, -0.2) is 33.5 Å². The molecule has 0 spiro atoms. The van der Waals surface area contributed by atoms with E-state index in [0.717, 1.165) is 27.3 Å². The van der Waals surface area contributed by atoms with E-state index in [-0.39, 0.29) is 11.7 Å². The van der Waals surface area contributed by atoms with Crippen molar-refractivity contribution in [2.24, 2.45) is 0 Å². The molecule has 144 valence electrons. The lowest BCUT2D eigenvalue weighted by atomic mass is 10.2. The first-order valence-electron chi connectivity index (χ1n) is 8.48. The first-order chi connectivity index (χ1) is 13.6. The zero-order valence-electron chi connectivity index (χ0n) is 15.3. The molecule has 28 heavy (non-hydrogen) atoms. The van der Waals surface area contributed by atoms with E-state index >= 15 is 0 Å². The summed E-state index contributed by atoms with van der Waals surface area (Å²) in [5, 5.41) is 12.1. The van der Waals surface area contributed by atoms with Gasteiger partial charge in [-0.1, -0.05) is 30.0 Å². The van der Waals surface area contributed by atoms with Gasteiger partial charge in [0.15, 0.2) is 11.0 Å². The van der Waals surface area contributed by atoms with Crippen LogP contribution in [-0.2, 0) is 11.3 Å². The summed E-state index contributed by atoms with van der Waals surface area (Å²) < 4.78 is 7.97. The fourth-order valence-electron chi connectivity index (χ4n) is 2.52. The lowest BCUT2D eigenvalue weighted by Crippen LogP contribution is -2.15. The second kappa shape index (κ2) is 9.57. The van der Waals surface area contributed by atoms with E-state index < -0.39 is 0 Å². The highest BCUT2D eigenvalue weighted by molar-refractivity contribution is 9.10. The highest BCUT2D eigenvalue weighted by Gasteiger charge is 2.15. The van der Waals surface area contributed by atoms with Crippen LogP contribution >= 0.6 is 27.7 Å². The smallest absolute Gasteiger partial charge is 0.234 e. The molecular weight excluding hydrogens is 440 g/mol. The standard InChI is InChI=1S/C20H19BrN4O2S/c1-3-12-25-19(14-8-10-15(27-2)11-9-14)23-24-20(25)28-13-18(26)22-17-7-5-4-6-16(17)21/h3-11H,1,12-13H2,2H3,(H,22,26). The maximum absolute atomic E-state index is 12.3. The van der Waals surface area contributed by atoms with E-state index in [1.54, 1.807) is 13.2 Å². The second-order valence-electron chi connectivity index (χ2n) is 5.75. The summed E-state index contributed by atoms with van der Waals surface area (Å²) in [5.41, 5.74) is 1.65. The monoisotopic (exact) mass is 458 g/mol. The number of ether oxygens (including phenoxy) is 1. The third kappa shape index (κ3) is 4.82. The van der Waals surface area contributed by atoms with Crippen molar-refractivity contribution in [3.8, 4) is 17.1 Å². The minimum Gasteiger partial charge on any atom is -0.497 e. The zero-order valence-corrected chi connectivity index (χ0v) is 17.7. The van der Waals surface area contributed by atoms with E-state index in [4.69, 9.17) is 4.74 Å². The van der Waals surface area contributed by atoms with E-state index in [0.29, 0.717) is 11.7 Å². The Balaban J connectivity index is 1.73. The highest BCUT2D eigenvalue weighted by Crippen LogP contribution is 2.26. The third-order valence-electron chi connectivity index (χ3n) is 3.86. The second-order valence-corrected chi connectivity index (χ2v) is 7.55. The molecule has 2 aromatic carbocycles. The van der Waals surface area contributed by atoms with Crippen molar-refractivity contribution in [1.82, 2.24) is 14.8 Å². The Labute approximate surface area is 176 Å². The third-order valence-corrected chi connectivity index (χ3v) is 5.52. The summed E-state index contributed by atoms with van der Waals surface area (Å²) in [6.45, 7) is 4.35. The molecule has 1 N–H and O–H groups in total. The van der Waals surface area contributed by atoms with Crippen molar-refractivity contribution < 1.29 is 9.53 Å². The number of anilines is 1. The molecule has 1 aromatic heterocycles. The van der Waals surface area contributed by atoms with Crippen LogP contribution in [0.1, 0.15) is 0 Å². The van der Waals surface area contributed by atoms with Crippen molar-refractivity contribution in [2.75, 3.05) is 18.2 Å². The van der Waals surface area contributed by atoms with Crippen molar-refractivity contribution in [3.63, 3.8) is 0 Å². The number of amides is 1. The molecule has 0 saturated heterocycles. The average molecular weight is 459 g/mol. The van der Waals surface area contributed by atoms with Crippen LogP contribution in [0.2, 0.25) is 0 Å². The first kappa shape index (κ1) is 20.2. The molecule has 8 heteroatoms. The number of carbonyl (C=O) groups excluding carboxylic acids is 1. The van der Waals surface area contributed by atoms with Crippen LogP contribution in [0.5, 0.6) is 5.75 Å². The van der Waals surface area contributed by atoms with E-state index in [2.05, 4.69) is 38.0 Å². The van der Waals surface area contributed by atoms with Crippen molar-refractivity contribution in [1.29, 1.82) is 0 Å². The Bertz CT molecular complexity index is 973. The molecule has 0 atom stereocenters. The van der Waals surface area contributed by atoms with Gasteiger partial charge in [0.05, 0.1) is 18.6 Å². The molecule has 0 aliphatic rings. The number of thioether (sulfide) groups is 1. The molecule has 1 amide bonds. The molecule has 0 bridgehead atoms. The molecule has 3 rings (SSSR count). The van der Waals surface area contributed by atoms with E-state index in [9.17, 15) is 4.79 Å². The van der Waals surface area contributed by atoms with Gasteiger partial charge in [0.25, 0.3) is 0 Å². The van der Waals surface area contributed by atoms with Gasteiger partial charge in [0, 0.05) is 16.6 Å². The summed E-state index contributed by atoms with van der Waals surface area (Å²) in [4.78, 5) is 12.3. The maximum atomic E-state index is 12.3. The van der Waals surface area contributed by atoms with Crippen molar-refractivity contribution in [2.45, 2.75) is 11.7 Å². The Hall–Kier alpha value is -2.58. The lowest BCUT2D eigenvalue weighted by molar-refractivity contribution is -0.113. The summed E-state index contributed by atoms with van der Waals surface area (Å²) in [6.07, 6.45) is 1.78. The quantitative estimate of drug-likeness (QED) is 0.393. The van der Waals surface area contributed by atoms with Crippen LogP contribution in [0.15, 0.2) is 70.8 Å². The molecule has 0 saturated carbocycles. The number of nitrogens with zero attached hydrogens (tertiary/aromatic N) is 3. The number of carbonyl (C=O) groups is 1. The Kier molecular flexibility index (Phi) is 6.89. The molecule has 0 unspecified atom stereocenters. The minimum absolute atomic E-state index is 0.115. The van der Waals surface area contributed by atoms with Crippen LogP contribution in [0.25, 0.3) is 11.4 Å². The number of para-hydroxylation sites is 1. The predicted octanol–water partition coefficient (Wildman–Crippen LogP) is 4.63. The van der Waals surface area contributed by atoms with E-state index in [1.165, 1.54) is 11.8 Å². The highest BCUT2D eigenvalue weighted by atomic mass is 79.9. The van der Waals surface area contributed by atoms with Gasteiger partial charge >= 0.3 is 0 Å². The van der Waals surface area contributed by atoms with Gasteiger partial charge in [-0.25, -0.2) is 0 Å². The largest absolute Gasteiger partial charge is 0.497 e. The van der Waals surface area contributed by atoms with Crippen molar-refractivity contribution >= 4 is 39.3 Å². The molecule has 0 aliphatic carbocycles. The fourth-order valence-corrected chi connectivity index (χ4v) is 3.65.